The third-order valence-electron chi connectivity index (χ3n) is 7.64. The second-order valence-electron chi connectivity index (χ2n) is 10.9. The van der Waals surface area contributed by atoms with Gasteiger partial charge in [-0.3, -0.25) is 24.0 Å². The third kappa shape index (κ3) is 8.14. The molecular weight excluding hydrogens is 577 g/mol. The molecule has 2 heterocycles. The van der Waals surface area contributed by atoms with Crippen LogP contribution in [0, 0.1) is 11.7 Å². The molecule has 0 aliphatic carbocycles. The molecule has 1 saturated heterocycles. The van der Waals surface area contributed by atoms with Crippen LogP contribution < -0.4 is 21.3 Å². The highest BCUT2D eigenvalue weighted by atomic mass is 19.1. The molecule has 0 bridgehead atoms. The SMILES string of the molecule is O=C(NCc1ccccc1)C(=O)[C@H](C[C@@H]1CCNC1=O)NC(=O)[C@H](Cc1ccc(F)cc1)NC(=O)c1ccc2ccccc2n1. The van der Waals surface area contributed by atoms with E-state index in [0.717, 1.165) is 10.9 Å². The Hall–Kier alpha value is -5.45. The predicted octanol–water partition coefficient (Wildman–Crippen LogP) is 2.61. The number of halogens is 1. The number of fused-ring (bicyclic) bond motifs is 1. The van der Waals surface area contributed by atoms with Gasteiger partial charge in [-0.2, -0.15) is 0 Å². The van der Waals surface area contributed by atoms with E-state index in [4.69, 9.17) is 0 Å². The molecule has 45 heavy (non-hydrogen) atoms. The number of nitrogens with zero attached hydrogens (tertiary/aromatic N) is 1. The van der Waals surface area contributed by atoms with Gasteiger partial charge in [-0.05, 0) is 48.2 Å². The minimum absolute atomic E-state index is 0.0452. The molecule has 3 atom stereocenters. The van der Waals surface area contributed by atoms with E-state index in [1.165, 1.54) is 30.3 Å². The molecule has 230 valence electrons. The highest BCUT2D eigenvalue weighted by Gasteiger charge is 2.35. The Kier molecular flexibility index (Phi) is 9.88. The Balaban J connectivity index is 1.36. The lowest BCUT2D eigenvalue weighted by Gasteiger charge is -2.24. The molecule has 4 aromatic rings. The number of amides is 4. The van der Waals surface area contributed by atoms with Crippen molar-refractivity contribution in [2.45, 2.75) is 37.9 Å². The van der Waals surface area contributed by atoms with Gasteiger partial charge in [-0.15, -0.1) is 0 Å². The molecule has 0 spiro atoms. The van der Waals surface area contributed by atoms with Gasteiger partial charge in [0, 0.05) is 30.8 Å². The smallest absolute Gasteiger partial charge is 0.289 e. The summed E-state index contributed by atoms with van der Waals surface area (Å²) in [4.78, 5) is 70.2. The summed E-state index contributed by atoms with van der Waals surface area (Å²) in [7, 11) is 0. The Bertz CT molecular complexity index is 1710. The van der Waals surface area contributed by atoms with Crippen molar-refractivity contribution in [2.75, 3.05) is 6.54 Å². The first kappa shape index (κ1) is 31.0. The van der Waals surface area contributed by atoms with E-state index in [1.807, 2.05) is 18.2 Å². The number of carbonyl (C=O) groups excluding carboxylic acids is 5. The van der Waals surface area contributed by atoms with E-state index >= 15 is 0 Å². The van der Waals surface area contributed by atoms with Crippen LogP contribution in [-0.4, -0.2) is 53.0 Å². The lowest BCUT2D eigenvalue weighted by Crippen LogP contribution is -2.55. The van der Waals surface area contributed by atoms with E-state index in [1.54, 1.807) is 42.5 Å². The van der Waals surface area contributed by atoms with Crippen molar-refractivity contribution in [3.63, 3.8) is 0 Å². The van der Waals surface area contributed by atoms with Gasteiger partial charge in [0.05, 0.1) is 11.6 Å². The number of para-hydroxylation sites is 1. The Morgan fingerprint density at radius 3 is 2.31 bits per heavy atom. The number of pyridine rings is 1. The lowest BCUT2D eigenvalue weighted by atomic mass is 9.94. The predicted molar refractivity (Wildman–Crippen MR) is 164 cm³/mol. The molecular formula is C34H32FN5O5. The molecule has 1 fully saturated rings. The molecule has 1 aliphatic rings. The molecule has 10 nitrogen and oxygen atoms in total. The summed E-state index contributed by atoms with van der Waals surface area (Å²) in [6.07, 6.45) is 0.294. The van der Waals surface area contributed by atoms with Crippen molar-refractivity contribution in [1.29, 1.82) is 0 Å². The zero-order chi connectivity index (χ0) is 31.8. The van der Waals surface area contributed by atoms with Gasteiger partial charge in [-0.1, -0.05) is 66.7 Å². The van der Waals surface area contributed by atoms with Gasteiger partial charge in [0.2, 0.25) is 17.6 Å². The normalized spacial score (nSPS) is 15.5. The second-order valence-corrected chi connectivity index (χ2v) is 10.9. The summed E-state index contributed by atoms with van der Waals surface area (Å²) in [6, 6.07) is 22.4. The maximum Gasteiger partial charge on any atom is 0.289 e. The van der Waals surface area contributed by atoms with E-state index in [2.05, 4.69) is 26.3 Å². The number of ketones is 1. The maximum absolute atomic E-state index is 13.8. The summed E-state index contributed by atoms with van der Waals surface area (Å²) in [6.45, 7) is 0.512. The van der Waals surface area contributed by atoms with Gasteiger partial charge in [-0.25, -0.2) is 9.37 Å². The fraction of sp³-hybridized carbons (Fsp3) is 0.235. The molecule has 5 rings (SSSR count). The fourth-order valence-corrected chi connectivity index (χ4v) is 5.17. The number of hydrogen-bond acceptors (Lipinski definition) is 6. The van der Waals surface area contributed by atoms with Crippen molar-refractivity contribution >= 4 is 40.3 Å². The first-order valence-corrected chi connectivity index (χ1v) is 14.6. The molecule has 1 aromatic heterocycles. The average Bonchev–Trinajstić information content (AvgIpc) is 3.47. The molecule has 0 unspecified atom stereocenters. The Labute approximate surface area is 258 Å². The average molecular weight is 610 g/mol. The van der Waals surface area contributed by atoms with Crippen molar-refractivity contribution in [3.8, 4) is 0 Å². The molecule has 4 amide bonds. The number of carbonyl (C=O) groups is 5. The van der Waals surface area contributed by atoms with Crippen molar-refractivity contribution in [2.24, 2.45) is 5.92 Å². The van der Waals surface area contributed by atoms with Crippen LogP contribution in [0.5, 0.6) is 0 Å². The van der Waals surface area contributed by atoms with Crippen molar-refractivity contribution in [1.82, 2.24) is 26.3 Å². The molecule has 1 aliphatic heterocycles. The molecule has 0 radical (unpaired) electrons. The van der Waals surface area contributed by atoms with E-state index in [0.29, 0.717) is 24.0 Å². The van der Waals surface area contributed by atoms with Crippen LogP contribution in [0.2, 0.25) is 0 Å². The zero-order valence-corrected chi connectivity index (χ0v) is 24.3. The molecule has 0 saturated carbocycles. The third-order valence-corrected chi connectivity index (χ3v) is 7.64. The van der Waals surface area contributed by atoms with Crippen LogP contribution in [0.4, 0.5) is 4.39 Å². The molecule has 4 N–H and O–H groups in total. The van der Waals surface area contributed by atoms with E-state index in [-0.39, 0.29) is 31.0 Å². The number of benzene rings is 3. The second kappa shape index (κ2) is 14.3. The lowest BCUT2D eigenvalue weighted by molar-refractivity contribution is -0.141. The number of rotatable bonds is 12. The molecule has 11 heteroatoms. The summed E-state index contributed by atoms with van der Waals surface area (Å²) < 4.78 is 13.6. The molecule has 3 aromatic carbocycles. The summed E-state index contributed by atoms with van der Waals surface area (Å²) in [5, 5.41) is 11.4. The maximum atomic E-state index is 13.8. The highest BCUT2D eigenvalue weighted by Crippen LogP contribution is 2.18. The van der Waals surface area contributed by atoms with Gasteiger partial charge < -0.3 is 21.3 Å². The van der Waals surface area contributed by atoms with Crippen LogP contribution in [0.15, 0.2) is 91.0 Å². The minimum atomic E-state index is -1.34. The Morgan fingerprint density at radius 1 is 0.844 bits per heavy atom. The fourth-order valence-electron chi connectivity index (χ4n) is 5.17. The van der Waals surface area contributed by atoms with Crippen LogP contribution in [0.3, 0.4) is 0 Å². The monoisotopic (exact) mass is 609 g/mol. The van der Waals surface area contributed by atoms with E-state index in [9.17, 15) is 28.4 Å². The van der Waals surface area contributed by atoms with Crippen molar-refractivity contribution in [3.05, 3.63) is 114 Å². The summed E-state index contributed by atoms with van der Waals surface area (Å²) in [5.41, 5.74) is 1.98. The van der Waals surface area contributed by atoms with Gasteiger partial charge in [0.15, 0.2) is 0 Å². The topological polar surface area (TPSA) is 146 Å². The number of Topliss-reactive ketones (excluding diaryl/α,β-unsaturated/α-hetero) is 1. The summed E-state index contributed by atoms with van der Waals surface area (Å²) >= 11 is 0. The van der Waals surface area contributed by atoms with Crippen LogP contribution in [-0.2, 0) is 32.1 Å². The largest absolute Gasteiger partial charge is 0.356 e. The standard InChI is InChI=1S/C34H32FN5O5/c35-25-13-10-21(11-14-25)18-29(40-32(43)27-15-12-23-8-4-5-9-26(23)38-27)33(44)39-28(19-24-16-17-36-31(24)42)30(41)34(45)37-20-22-6-2-1-3-7-22/h1-15,24,28-29H,16-20H2,(H,36,42)(H,37,45)(H,39,44)(H,40,43)/t24-,28-,29-/m0/s1. The van der Waals surface area contributed by atoms with Crippen LogP contribution in [0.1, 0.15) is 34.5 Å². The Morgan fingerprint density at radius 2 is 1.58 bits per heavy atom. The highest BCUT2D eigenvalue weighted by molar-refractivity contribution is 6.38. The first-order valence-electron chi connectivity index (χ1n) is 14.6. The van der Waals surface area contributed by atoms with Gasteiger partial charge in [0.1, 0.15) is 17.6 Å². The van der Waals surface area contributed by atoms with Gasteiger partial charge in [0.25, 0.3) is 11.8 Å². The van der Waals surface area contributed by atoms with Crippen LogP contribution in [0.25, 0.3) is 10.9 Å². The summed E-state index contributed by atoms with van der Waals surface area (Å²) in [5.74, 6) is -4.55. The number of hydrogen-bond donors (Lipinski definition) is 4. The zero-order valence-electron chi connectivity index (χ0n) is 24.3. The number of nitrogens with one attached hydrogen (secondary N) is 4. The van der Waals surface area contributed by atoms with Crippen LogP contribution >= 0.6 is 0 Å². The minimum Gasteiger partial charge on any atom is -0.356 e. The first-order chi connectivity index (χ1) is 21.8. The van der Waals surface area contributed by atoms with Crippen molar-refractivity contribution < 1.29 is 28.4 Å². The quantitative estimate of drug-likeness (QED) is 0.182. The van der Waals surface area contributed by atoms with Gasteiger partial charge >= 0.3 is 0 Å². The van der Waals surface area contributed by atoms with E-state index < -0.39 is 47.3 Å². The number of aromatic nitrogens is 1.